The lowest BCUT2D eigenvalue weighted by Crippen LogP contribution is -2.37. The maximum absolute atomic E-state index is 13.0. The predicted octanol–water partition coefficient (Wildman–Crippen LogP) is 4.55. The second-order valence-corrected chi connectivity index (χ2v) is 5.71. The molecule has 1 unspecified atom stereocenters. The minimum atomic E-state index is -4.30. The van der Waals surface area contributed by atoms with Gasteiger partial charge in [-0.1, -0.05) is 12.1 Å². The summed E-state index contributed by atoms with van der Waals surface area (Å²) in [6.07, 6.45) is -2.61. The van der Waals surface area contributed by atoms with E-state index in [-0.39, 0.29) is 11.1 Å². The van der Waals surface area contributed by atoms with Crippen LogP contribution in [0.4, 0.5) is 18.9 Å². The number of piperidine rings is 1. The number of para-hydroxylation sites is 1. The third-order valence-corrected chi connectivity index (χ3v) is 4.10. The summed E-state index contributed by atoms with van der Waals surface area (Å²) in [4.78, 5) is 1.82. The first-order chi connectivity index (χ1) is 8.89. The first kappa shape index (κ1) is 14.5. The summed E-state index contributed by atoms with van der Waals surface area (Å²) >= 11 is 6.06. The molecule has 0 spiro atoms. The smallest absolute Gasteiger partial charge is 0.371 e. The number of hydrogen-bond donors (Lipinski definition) is 0. The van der Waals surface area contributed by atoms with Crippen LogP contribution in [0.3, 0.4) is 0 Å². The van der Waals surface area contributed by atoms with Crippen molar-refractivity contribution < 1.29 is 13.2 Å². The molecule has 0 radical (unpaired) electrons. The average molecular weight is 292 g/mol. The van der Waals surface area contributed by atoms with Gasteiger partial charge in [0.05, 0.1) is 5.56 Å². The summed E-state index contributed by atoms with van der Waals surface area (Å²) in [6.45, 7) is 3.22. The lowest BCUT2D eigenvalue weighted by atomic mass is 9.93. The molecule has 0 saturated carbocycles. The molecule has 0 aromatic heterocycles. The second-order valence-electron chi connectivity index (χ2n) is 5.02. The van der Waals surface area contributed by atoms with E-state index in [1.165, 1.54) is 6.07 Å². The van der Waals surface area contributed by atoms with Gasteiger partial charge < -0.3 is 4.90 Å². The van der Waals surface area contributed by atoms with Gasteiger partial charge >= 0.3 is 6.18 Å². The van der Waals surface area contributed by atoms with Gasteiger partial charge in [0.25, 0.3) is 0 Å². The van der Waals surface area contributed by atoms with Crippen LogP contribution in [0, 0.1) is 5.92 Å². The van der Waals surface area contributed by atoms with Crippen LogP contribution in [0.25, 0.3) is 0 Å². The van der Waals surface area contributed by atoms with Gasteiger partial charge in [0.15, 0.2) is 0 Å². The number of rotatable bonds is 2. The number of hydrogen-bond acceptors (Lipinski definition) is 1. The molecule has 1 aliphatic heterocycles. The zero-order chi connectivity index (χ0) is 14.0. The highest BCUT2D eigenvalue weighted by molar-refractivity contribution is 6.20. The summed E-state index contributed by atoms with van der Waals surface area (Å²) in [5.74, 6) is 0.399. The highest BCUT2D eigenvalue weighted by atomic mass is 35.5. The molecule has 1 aliphatic rings. The van der Waals surface area contributed by atoms with Crippen molar-refractivity contribution in [2.24, 2.45) is 5.92 Å². The van der Waals surface area contributed by atoms with Gasteiger partial charge in [0.1, 0.15) is 0 Å². The molecule has 1 heterocycles. The van der Waals surface area contributed by atoms with Crippen molar-refractivity contribution in [1.29, 1.82) is 0 Å². The molecule has 0 aliphatic carbocycles. The average Bonchev–Trinajstić information content (AvgIpc) is 2.38. The van der Waals surface area contributed by atoms with Gasteiger partial charge in [-0.15, -0.1) is 11.6 Å². The Morgan fingerprint density at radius 1 is 1.21 bits per heavy atom. The third kappa shape index (κ3) is 3.35. The maximum atomic E-state index is 13.0. The second kappa shape index (κ2) is 5.61. The van der Waals surface area contributed by atoms with Crippen molar-refractivity contribution in [2.75, 3.05) is 18.0 Å². The lowest BCUT2D eigenvalue weighted by molar-refractivity contribution is -0.137. The molecule has 0 amide bonds. The van der Waals surface area contributed by atoms with Crippen LogP contribution in [0.1, 0.15) is 25.3 Å². The molecule has 19 heavy (non-hydrogen) atoms. The van der Waals surface area contributed by atoms with Crippen molar-refractivity contribution in [2.45, 2.75) is 31.3 Å². The summed E-state index contributed by atoms with van der Waals surface area (Å²) in [5.41, 5.74) is -0.261. The zero-order valence-electron chi connectivity index (χ0n) is 10.8. The molecule has 1 fully saturated rings. The van der Waals surface area contributed by atoms with Crippen LogP contribution in [-0.4, -0.2) is 18.5 Å². The molecule has 1 aromatic carbocycles. The van der Waals surface area contributed by atoms with E-state index in [1.54, 1.807) is 12.1 Å². The van der Waals surface area contributed by atoms with Gasteiger partial charge in [0.2, 0.25) is 0 Å². The minimum Gasteiger partial charge on any atom is -0.371 e. The van der Waals surface area contributed by atoms with E-state index in [9.17, 15) is 13.2 Å². The fourth-order valence-electron chi connectivity index (χ4n) is 2.59. The topological polar surface area (TPSA) is 3.24 Å². The minimum absolute atomic E-state index is 0.0833. The normalized spacial score (nSPS) is 19.5. The Morgan fingerprint density at radius 2 is 1.79 bits per heavy atom. The molecule has 1 nitrogen and oxygen atoms in total. The molecule has 106 valence electrons. The summed E-state index contributed by atoms with van der Waals surface area (Å²) in [7, 11) is 0. The first-order valence-electron chi connectivity index (χ1n) is 6.45. The van der Waals surface area contributed by atoms with Crippen molar-refractivity contribution in [1.82, 2.24) is 0 Å². The van der Waals surface area contributed by atoms with Crippen molar-refractivity contribution in [3.8, 4) is 0 Å². The Morgan fingerprint density at radius 3 is 2.32 bits per heavy atom. The van der Waals surface area contributed by atoms with Gasteiger partial charge in [-0.3, -0.25) is 0 Å². The molecule has 0 bridgehead atoms. The van der Waals surface area contributed by atoms with Gasteiger partial charge in [-0.05, 0) is 37.8 Å². The van der Waals surface area contributed by atoms with E-state index in [0.717, 1.165) is 18.9 Å². The highest BCUT2D eigenvalue weighted by Crippen LogP contribution is 2.38. The van der Waals surface area contributed by atoms with E-state index in [0.29, 0.717) is 19.0 Å². The van der Waals surface area contributed by atoms with E-state index < -0.39 is 11.7 Å². The third-order valence-electron chi connectivity index (χ3n) is 3.74. The standard InChI is InChI=1S/C14H17ClF3N/c1-10(15)11-6-8-19(9-7-11)13-5-3-2-4-12(13)14(16,17)18/h2-5,10-11H,6-9H2,1H3. The van der Waals surface area contributed by atoms with Crippen molar-refractivity contribution in [3.05, 3.63) is 29.8 Å². The summed E-state index contributed by atoms with van der Waals surface area (Å²) < 4.78 is 38.9. The molecular formula is C14H17ClF3N. The van der Waals surface area contributed by atoms with Crippen molar-refractivity contribution >= 4 is 17.3 Å². The first-order valence-corrected chi connectivity index (χ1v) is 6.88. The molecule has 0 N–H and O–H groups in total. The Kier molecular flexibility index (Phi) is 4.29. The van der Waals surface area contributed by atoms with E-state index in [4.69, 9.17) is 11.6 Å². The number of nitrogens with zero attached hydrogens (tertiary/aromatic N) is 1. The van der Waals surface area contributed by atoms with Crippen LogP contribution in [-0.2, 0) is 6.18 Å². The Labute approximate surface area is 116 Å². The number of halogens is 4. The SMILES string of the molecule is CC(Cl)C1CCN(c2ccccc2C(F)(F)F)CC1. The molecule has 1 atom stereocenters. The van der Waals surface area contributed by atoms with E-state index >= 15 is 0 Å². The quantitative estimate of drug-likeness (QED) is 0.723. The van der Waals surface area contributed by atoms with Crippen LogP contribution in [0.2, 0.25) is 0 Å². The van der Waals surface area contributed by atoms with Crippen LogP contribution in [0.15, 0.2) is 24.3 Å². The highest BCUT2D eigenvalue weighted by Gasteiger charge is 2.35. The van der Waals surface area contributed by atoms with Gasteiger partial charge in [-0.25, -0.2) is 0 Å². The Balaban J connectivity index is 2.16. The zero-order valence-corrected chi connectivity index (χ0v) is 11.5. The fraction of sp³-hybridized carbons (Fsp3) is 0.571. The molecule has 5 heteroatoms. The Bertz CT molecular complexity index is 423. The van der Waals surface area contributed by atoms with E-state index in [2.05, 4.69) is 0 Å². The van der Waals surface area contributed by atoms with Crippen LogP contribution in [0.5, 0.6) is 0 Å². The summed E-state index contributed by atoms with van der Waals surface area (Å²) in [6, 6.07) is 5.78. The summed E-state index contributed by atoms with van der Waals surface area (Å²) in [5, 5.41) is 0.0833. The molecule has 1 aromatic rings. The van der Waals surface area contributed by atoms with Gasteiger partial charge in [-0.2, -0.15) is 13.2 Å². The largest absolute Gasteiger partial charge is 0.418 e. The Hall–Kier alpha value is -0.900. The molecular weight excluding hydrogens is 275 g/mol. The number of alkyl halides is 4. The molecule has 1 saturated heterocycles. The van der Waals surface area contributed by atoms with Crippen LogP contribution >= 0.6 is 11.6 Å². The lowest BCUT2D eigenvalue weighted by Gasteiger charge is -2.35. The van der Waals surface area contributed by atoms with Gasteiger partial charge in [0, 0.05) is 24.2 Å². The number of anilines is 1. The molecule has 2 rings (SSSR count). The predicted molar refractivity (Wildman–Crippen MR) is 71.7 cm³/mol. The fourth-order valence-corrected chi connectivity index (χ4v) is 2.84. The maximum Gasteiger partial charge on any atom is 0.418 e. The van der Waals surface area contributed by atoms with Crippen molar-refractivity contribution in [3.63, 3.8) is 0 Å². The van der Waals surface area contributed by atoms with E-state index in [1.807, 2.05) is 11.8 Å². The van der Waals surface area contributed by atoms with Crippen LogP contribution < -0.4 is 4.90 Å². The number of benzene rings is 1. The monoisotopic (exact) mass is 291 g/mol.